The number of ether oxygens (including phenoxy) is 2. The molecule has 1 rings (SSSR count). The fourth-order valence-corrected chi connectivity index (χ4v) is 1.87. The number of rotatable bonds is 4. The Morgan fingerprint density at radius 3 is 2.50 bits per heavy atom. The molecule has 0 aliphatic heterocycles. The summed E-state index contributed by atoms with van der Waals surface area (Å²) in [6, 6.07) is 4.71. The Bertz CT molecular complexity index is 446. The second-order valence-electron chi connectivity index (χ2n) is 4.58. The standard InChI is InChI=1S/C13H18ClNO3/c1-13(2,12(16)18-4)11(15)8-5-6-9(14)10(7-8)17-3/h5-7,11H,15H2,1-4H3/t11-/m1/s1. The summed E-state index contributed by atoms with van der Waals surface area (Å²) in [6.07, 6.45) is 0. The van der Waals surface area contributed by atoms with E-state index in [0.717, 1.165) is 5.56 Å². The van der Waals surface area contributed by atoms with Gasteiger partial charge in [0.25, 0.3) is 0 Å². The zero-order valence-electron chi connectivity index (χ0n) is 11.0. The van der Waals surface area contributed by atoms with E-state index >= 15 is 0 Å². The van der Waals surface area contributed by atoms with Crippen LogP contribution < -0.4 is 10.5 Å². The molecule has 0 unspecified atom stereocenters. The molecule has 18 heavy (non-hydrogen) atoms. The molecule has 1 atom stereocenters. The van der Waals surface area contributed by atoms with Crippen molar-refractivity contribution in [3.8, 4) is 5.75 Å². The Labute approximate surface area is 112 Å². The molecule has 0 bridgehead atoms. The number of carbonyl (C=O) groups is 1. The van der Waals surface area contributed by atoms with Crippen LogP contribution in [0.25, 0.3) is 0 Å². The lowest BCUT2D eigenvalue weighted by Gasteiger charge is -2.29. The van der Waals surface area contributed by atoms with E-state index in [0.29, 0.717) is 10.8 Å². The molecule has 100 valence electrons. The third-order valence-corrected chi connectivity index (χ3v) is 3.34. The van der Waals surface area contributed by atoms with Gasteiger partial charge in [0.1, 0.15) is 5.75 Å². The molecule has 4 nitrogen and oxygen atoms in total. The smallest absolute Gasteiger partial charge is 0.313 e. The van der Waals surface area contributed by atoms with Gasteiger partial charge in [-0.25, -0.2) is 0 Å². The fraction of sp³-hybridized carbons (Fsp3) is 0.462. The molecule has 0 aliphatic rings. The van der Waals surface area contributed by atoms with Gasteiger partial charge >= 0.3 is 5.97 Å². The molecule has 0 radical (unpaired) electrons. The largest absolute Gasteiger partial charge is 0.495 e. The lowest BCUT2D eigenvalue weighted by Crippen LogP contribution is -2.37. The van der Waals surface area contributed by atoms with Crippen molar-refractivity contribution >= 4 is 17.6 Å². The summed E-state index contributed by atoms with van der Waals surface area (Å²) in [4.78, 5) is 11.7. The molecule has 0 amide bonds. The molecule has 1 aromatic carbocycles. The second kappa shape index (κ2) is 5.59. The first-order valence-corrected chi connectivity index (χ1v) is 5.89. The summed E-state index contributed by atoms with van der Waals surface area (Å²) >= 11 is 5.95. The van der Waals surface area contributed by atoms with Crippen molar-refractivity contribution in [3.63, 3.8) is 0 Å². The van der Waals surface area contributed by atoms with Crippen molar-refractivity contribution in [1.29, 1.82) is 0 Å². The highest BCUT2D eigenvalue weighted by Crippen LogP contribution is 2.35. The molecule has 0 spiro atoms. The summed E-state index contributed by atoms with van der Waals surface area (Å²) < 4.78 is 9.89. The summed E-state index contributed by atoms with van der Waals surface area (Å²) in [5, 5.41) is 0.504. The predicted octanol–water partition coefficient (Wildman–Crippen LogP) is 2.55. The Balaban J connectivity index is 3.10. The lowest BCUT2D eigenvalue weighted by atomic mass is 9.81. The van der Waals surface area contributed by atoms with Crippen LogP contribution in [0.15, 0.2) is 18.2 Å². The minimum atomic E-state index is -0.826. The lowest BCUT2D eigenvalue weighted by molar-refractivity contribution is -0.152. The average molecular weight is 272 g/mol. The van der Waals surface area contributed by atoms with E-state index in [9.17, 15) is 4.79 Å². The molecule has 0 saturated heterocycles. The van der Waals surface area contributed by atoms with Crippen molar-refractivity contribution in [2.24, 2.45) is 11.1 Å². The average Bonchev–Trinajstić information content (AvgIpc) is 2.37. The molecule has 0 fully saturated rings. The topological polar surface area (TPSA) is 61.5 Å². The Morgan fingerprint density at radius 2 is 2.00 bits per heavy atom. The first-order chi connectivity index (χ1) is 8.34. The van der Waals surface area contributed by atoms with Gasteiger partial charge in [-0.3, -0.25) is 4.79 Å². The quantitative estimate of drug-likeness (QED) is 0.855. The van der Waals surface area contributed by atoms with Gasteiger partial charge < -0.3 is 15.2 Å². The SMILES string of the molecule is COC(=O)C(C)(C)[C@H](N)c1ccc(Cl)c(OC)c1. The van der Waals surface area contributed by atoms with Crippen LogP contribution in [-0.4, -0.2) is 20.2 Å². The summed E-state index contributed by atoms with van der Waals surface area (Å²) in [5.74, 6) is 0.175. The number of nitrogens with two attached hydrogens (primary N) is 1. The Morgan fingerprint density at radius 1 is 1.39 bits per heavy atom. The highest BCUT2D eigenvalue weighted by Gasteiger charge is 2.36. The van der Waals surface area contributed by atoms with Crippen LogP contribution in [0.4, 0.5) is 0 Å². The molecule has 5 heteroatoms. The maximum atomic E-state index is 11.7. The van der Waals surface area contributed by atoms with Gasteiger partial charge in [-0.2, -0.15) is 0 Å². The van der Waals surface area contributed by atoms with E-state index in [1.54, 1.807) is 32.0 Å². The molecular weight excluding hydrogens is 254 g/mol. The molecule has 0 aromatic heterocycles. The van der Waals surface area contributed by atoms with Gasteiger partial charge in [-0.05, 0) is 31.5 Å². The van der Waals surface area contributed by atoms with Crippen LogP contribution in [-0.2, 0) is 9.53 Å². The normalized spacial score (nSPS) is 13.0. The highest BCUT2D eigenvalue weighted by atomic mass is 35.5. The van der Waals surface area contributed by atoms with Crippen molar-refractivity contribution in [3.05, 3.63) is 28.8 Å². The van der Waals surface area contributed by atoms with Crippen LogP contribution in [0.3, 0.4) is 0 Å². The van der Waals surface area contributed by atoms with Crippen molar-refractivity contribution in [2.45, 2.75) is 19.9 Å². The number of hydrogen-bond donors (Lipinski definition) is 1. The monoisotopic (exact) mass is 271 g/mol. The molecule has 0 aliphatic carbocycles. The van der Waals surface area contributed by atoms with Crippen molar-refractivity contribution in [1.82, 2.24) is 0 Å². The zero-order chi connectivity index (χ0) is 13.9. The van der Waals surface area contributed by atoms with E-state index < -0.39 is 11.5 Å². The molecule has 0 heterocycles. The number of methoxy groups -OCH3 is 2. The van der Waals surface area contributed by atoms with Gasteiger partial charge in [-0.1, -0.05) is 17.7 Å². The first kappa shape index (κ1) is 14.8. The van der Waals surface area contributed by atoms with Gasteiger partial charge in [0.2, 0.25) is 0 Å². The number of carbonyl (C=O) groups excluding carboxylic acids is 1. The maximum Gasteiger partial charge on any atom is 0.313 e. The maximum absolute atomic E-state index is 11.7. The zero-order valence-corrected chi connectivity index (χ0v) is 11.7. The first-order valence-electron chi connectivity index (χ1n) is 5.52. The summed E-state index contributed by atoms with van der Waals surface area (Å²) in [7, 11) is 2.88. The minimum Gasteiger partial charge on any atom is -0.495 e. The minimum absolute atomic E-state index is 0.357. The number of esters is 1. The van der Waals surface area contributed by atoms with Gasteiger partial charge in [-0.15, -0.1) is 0 Å². The third kappa shape index (κ3) is 2.76. The number of benzene rings is 1. The van der Waals surface area contributed by atoms with Gasteiger partial charge in [0.15, 0.2) is 0 Å². The number of halogens is 1. The third-order valence-electron chi connectivity index (χ3n) is 3.02. The Hall–Kier alpha value is -1.26. The van der Waals surface area contributed by atoms with E-state index in [1.165, 1.54) is 14.2 Å². The van der Waals surface area contributed by atoms with E-state index in [2.05, 4.69) is 0 Å². The van der Waals surface area contributed by atoms with Crippen LogP contribution >= 0.6 is 11.6 Å². The van der Waals surface area contributed by atoms with Crippen LogP contribution in [0, 0.1) is 5.41 Å². The Kier molecular flexibility index (Phi) is 4.59. The van der Waals surface area contributed by atoms with Crippen LogP contribution in [0.2, 0.25) is 5.02 Å². The fourth-order valence-electron chi connectivity index (χ4n) is 1.68. The van der Waals surface area contributed by atoms with Crippen molar-refractivity contribution in [2.75, 3.05) is 14.2 Å². The summed E-state index contributed by atoms with van der Waals surface area (Å²) in [5.41, 5.74) is 6.07. The number of hydrogen-bond acceptors (Lipinski definition) is 4. The van der Waals surface area contributed by atoms with E-state index in [1.807, 2.05) is 0 Å². The molecule has 1 aromatic rings. The van der Waals surface area contributed by atoms with Crippen molar-refractivity contribution < 1.29 is 14.3 Å². The second-order valence-corrected chi connectivity index (χ2v) is 4.99. The predicted molar refractivity (Wildman–Crippen MR) is 70.7 cm³/mol. The summed E-state index contributed by atoms with van der Waals surface area (Å²) in [6.45, 7) is 3.48. The van der Waals surface area contributed by atoms with Gasteiger partial charge in [0.05, 0.1) is 24.7 Å². The van der Waals surface area contributed by atoms with Crippen LogP contribution in [0.1, 0.15) is 25.5 Å². The van der Waals surface area contributed by atoms with Gasteiger partial charge in [0, 0.05) is 6.04 Å². The van der Waals surface area contributed by atoms with E-state index in [-0.39, 0.29) is 5.97 Å². The molecule has 0 saturated carbocycles. The molecular formula is C13H18ClNO3. The molecule has 2 N–H and O–H groups in total. The van der Waals surface area contributed by atoms with E-state index in [4.69, 9.17) is 26.8 Å². The highest BCUT2D eigenvalue weighted by molar-refractivity contribution is 6.32. The van der Waals surface area contributed by atoms with Crippen LogP contribution in [0.5, 0.6) is 5.75 Å².